The SMILES string of the molecule is COC(=O)C1CS(=O)CC(c2ccc(C)c(F)c2)N1. The molecule has 1 aliphatic heterocycles. The lowest BCUT2D eigenvalue weighted by Crippen LogP contribution is -2.49. The van der Waals surface area contributed by atoms with Crippen molar-refractivity contribution in [2.24, 2.45) is 0 Å². The molecular weight excluding hydrogens is 269 g/mol. The Hall–Kier alpha value is -1.27. The van der Waals surface area contributed by atoms with Gasteiger partial charge in [0.05, 0.1) is 7.11 Å². The summed E-state index contributed by atoms with van der Waals surface area (Å²) in [7, 11) is 0.173. The van der Waals surface area contributed by atoms with Crippen LogP contribution in [0.5, 0.6) is 0 Å². The Morgan fingerprint density at radius 3 is 2.84 bits per heavy atom. The van der Waals surface area contributed by atoms with Crippen LogP contribution in [0.2, 0.25) is 0 Å². The van der Waals surface area contributed by atoms with Gasteiger partial charge in [-0.25, -0.2) is 4.39 Å². The van der Waals surface area contributed by atoms with Crippen molar-refractivity contribution in [3.8, 4) is 0 Å². The lowest BCUT2D eigenvalue weighted by atomic mass is 10.0. The molecule has 0 bridgehead atoms. The molecule has 0 radical (unpaired) electrons. The summed E-state index contributed by atoms with van der Waals surface area (Å²) in [5.74, 6) is -0.135. The molecule has 104 valence electrons. The average Bonchev–Trinajstić information content (AvgIpc) is 2.40. The number of ether oxygens (including phenoxy) is 1. The van der Waals surface area contributed by atoms with E-state index in [1.54, 1.807) is 19.1 Å². The van der Waals surface area contributed by atoms with Crippen molar-refractivity contribution in [3.05, 3.63) is 35.1 Å². The zero-order valence-corrected chi connectivity index (χ0v) is 11.6. The lowest BCUT2D eigenvalue weighted by molar-refractivity contribution is -0.142. The van der Waals surface area contributed by atoms with Gasteiger partial charge in [-0.05, 0) is 24.1 Å². The molecule has 0 amide bonds. The summed E-state index contributed by atoms with van der Waals surface area (Å²) in [5.41, 5.74) is 1.26. The first-order chi connectivity index (χ1) is 9.01. The Bertz CT molecular complexity index is 521. The van der Waals surface area contributed by atoms with Crippen LogP contribution in [0.15, 0.2) is 18.2 Å². The quantitative estimate of drug-likeness (QED) is 0.826. The number of carbonyl (C=O) groups excluding carboxylic acids is 1. The van der Waals surface area contributed by atoms with Gasteiger partial charge in [-0.15, -0.1) is 0 Å². The number of hydrogen-bond acceptors (Lipinski definition) is 4. The Morgan fingerprint density at radius 1 is 1.47 bits per heavy atom. The molecule has 19 heavy (non-hydrogen) atoms. The van der Waals surface area contributed by atoms with Crippen LogP contribution in [0.3, 0.4) is 0 Å². The van der Waals surface area contributed by atoms with E-state index in [1.807, 2.05) is 0 Å². The number of nitrogens with one attached hydrogen (secondary N) is 1. The van der Waals surface area contributed by atoms with E-state index in [4.69, 9.17) is 0 Å². The minimum absolute atomic E-state index is 0.234. The molecule has 1 aliphatic rings. The molecule has 3 atom stereocenters. The number of carbonyl (C=O) groups is 1. The number of rotatable bonds is 2. The Kier molecular flexibility index (Phi) is 4.31. The van der Waals surface area contributed by atoms with E-state index >= 15 is 0 Å². The first kappa shape index (κ1) is 14.1. The first-order valence-corrected chi connectivity index (χ1v) is 7.45. The molecule has 2 rings (SSSR count). The van der Waals surface area contributed by atoms with Crippen molar-refractivity contribution < 1.29 is 18.1 Å². The van der Waals surface area contributed by atoms with Gasteiger partial charge in [-0.2, -0.15) is 0 Å². The van der Waals surface area contributed by atoms with Crippen molar-refractivity contribution in [2.45, 2.75) is 19.0 Å². The van der Waals surface area contributed by atoms with Gasteiger partial charge in [0.15, 0.2) is 0 Å². The van der Waals surface area contributed by atoms with Crippen molar-refractivity contribution in [2.75, 3.05) is 18.6 Å². The van der Waals surface area contributed by atoms with Gasteiger partial charge in [0, 0.05) is 28.3 Å². The first-order valence-electron chi connectivity index (χ1n) is 5.96. The Morgan fingerprint density at radius 2 is 2.21 bits per heavy atom. The minimum Gasteiger partial charge on any atom is -0.468 e. The molecule has 1 aromatic rings. The zero-order chi connectivity index (χ0) is 14.0. The third kappa shape index (κ3) is 3.19. The van der Waals surface area contributed by atoms with E-state index in [9.17, 15) is 13.4 Å². The molecule has 1 heterocycles. The Labute approximate surface area is 113 Å². The van der Waals surface area contributed by atoms with Gasteiger partial charge in [-0.1, -0.05) is 12.1 Å². The molecular formula is C13H16FNO3S. The molecule has 0 aromatic heterocycles. The second kappa shape index (κ2) is 5.79. The largest absolute Gasteiger partial charge is 0.468 e. The molecule has 1 saturated heterocycles. The van der Waals surface area contributed by atoms with Gasteiger partial charge in [0.1, 0.15) is 11.9 Å². The van der Waals surface area contributed by atoms with Gasteiger partial charge >= 0.3 is 5.97 Å². The second-order valence-corrected chi connectivity index (χ2v) is 6.12. The highest BCUT2D eigenvalue weighted by molar-refractivity contribution is 7.85. The summed E-state index contributed by atoms with van der Waals surface area (Å²) in [5, 5.41) is 3.06. The average molecular weight is 285 g/mol. The highest BCUT2D eigenvalue weighted by Crippen LogP contribution is 2.21. The number of esters is 1. The van der Waals surface area contributed by atoms with E-state index in [0.29, 0.717) is 16.9 Å². The summed E-state index contributed by atoms with van der Waals surface area (Å²) in [4.78, 5) is 11.5. The van der Waals surface area contributed by atoms with Crippen LogP contribution >= 0.6 is 0 Å². The number of benzene rings is 1. The molecule has 0 aliphatic carbocycles. The minimum atomic E-state index is -1.12. The van der Waals surface area contributed by atoms with Gasteiger partial charge in [0.2, 0.25) is 0 Å². The third-order valence-corrected chi connectivity index (χ3v) is 4.60. The van der Waals surface area contributed by atoms with Crippen LogP contribution in [0.25, 0.3) is 0 Å². The summed E-state index contributed by atoms with van der Waals surface area (Å²) in [6.07, 6.45) is 0. The summed E-state index contributed by atoms with van der Waals surface area (Å²) < 4.78 is 30.0. The number of hydrogen-bond donors (Lipinski definition) is 1. The molecule has 0 saturated carbocycles. The number of methoxy groups -OCH3 is 1. The van der Waals surface area contributed by atoms with Crippen molar-refractivity contribution in [1.29, 1.82) is 0 Å². The molecule has 4 nitrogen and oxygen atoms in total. The summed E-state index contributed by atoms with van der Waals surface area (Å²) in [6.45, 7) is 1.68. The molecule has 1 N–H and O–H groups in total. The van der Waals surface area contributed by atoms with E-state index < -0.39 is 22.8 Å². The molecule has 1 fully saturated rings. The maximum atomic E-state index is 13.6. The van der Waals surface area contributed by atoms with E-state index in [1.165, 1.54) is 13.2 Å². The van der Waals surface area contributed by atoms with Gasteiger partial charge in [-0.3, -0.25) is 14.3 Å². The fourth-order valence-electron chi connectivity index (χ4n) is 2.08. The fourth-order valence-corrected chi connectivity index (χ4v) is 3.48. The molecule has 6 heteroatoms. The van der Waals surface area contributed by atoms with E-state index in [-0.39, 0.29) is 17.6 Å². The molecule has 3 unspecified atom stereocenters. The van der Waals surface area contributed by atoms with Crippen LogP contribution in [0.4, 0.5) is 4.39 Å². The summed E-state index contributed by atoms with van der Waals surface area (Å²) in [6, 6.07) is 3.98. The molecule has 1 aromatic carbocycles. The lowest BCUT2D eigenvalue weighted by Gasteiger charge is -2.29. The van der Waals surface area contributed by atoms with Crippen LogP contribution in [0.1, 0.15) is 17.2 Å². The normalized spacial score (nSPS) is 27.0. The van der Waals surface area contributed by atoms with Crippen LogP contribution < -0.4 is 5.32 Å². The predicted octanol–water partition coefficient (Wildman–Crippen LogP) is 1.07. The topological polar surface area (TPSA) is 55.4 Å². The van der Waals surface area contributed by atoms with Crippen molar-refractivity contribution >= 4 is 16.8 Å². The summed E-state index contributed by atoms with van der Waals surface area (Å²) >= 11 is 0. The monoisotopic (exact) mass is 285 g/mol. The maximum Gasteiger partial charge on any atom is 0.323 e. The van der Waals surface area contributed by atoms with Crippen LogP contribution in [0, 0.1) is 12.7 Å². The van der Waals surface area contributed by atoms with Gasteiger partial charge < -0.3 is 4.74 Å². The van der Waals surface area contributed by atoms with Crippen molar-refractivity contribution in [3.63, 3.8) is 0 Å². The maximum absolute atomic E-state index is 13.6. The molecule has 0 spiro atoms. The predicted molar refractivity (Wildman–Crippen MR) is 70.7 cm³/mol. The van der Waals surface area contributed by atoms with Gasteiger partial charge in [0.25, 0.3) is 0 Å². The number of aryl methyl sites for hydroxylation is 1. The van der Waals surface area contributed by atoms with Crippen molar-refractivity contribution in [1.82, 2.24) is 5.32 Å². The highest BCUT2D eigenvalue weighted by atomic mass is 32.2. The third-order valence-electron chi connectivity index (χ3n) is 3.19. The van der Waals surface area contributed by atoms with Crippen LogP contribution in [-0.4, -0.2) is 34.8 Å². The van der Waals surface area contributed by atoms with E-state index in [2.05, 4.69) is 10.1 Å². The second-order valence-electron chi connectivity index (χ2n) is 4.58. The standard InChI is InChI=1S/C13H16FNO3S/c1-8-3-4-9(5-10(8)14)11-6-19(17)7-12(15-11)13(16)18-2/h3-5,11-12,15H,6-7H2,1-2H3. The smallest absolute Gasteiger partial charge is 0.323 e. The number of halogens is 1. The zero-order valence-electron chi connectivity index (χ0n) is 10.8. The van der Waals surface area contributed by atoms with Crippen LogP contribution in [-0.2, 0) is 20.3 Å². The Balaban J connectivity index is 2.21. The van der Waals surface area contributed by atoms with E-state index in [0.717, 1.165) is 0 Å². The highest BCUT2D eigenvalue weighted by Gasteiger charge is 2.32. The fraction of sp³-hybridized carbons (Fsp3) is 0.462.